The van der Waals surface area contributed by atoms with Crippen molar-refractivity contribution in [3.63, 3.8) is 0 Å². The number of nitrogens with one attached hydrogen (secondary N) is 2. The molecule has 7 heteroatoms. The number of imide groups is 1. The van der Waals surface area contributed by atoms with Gasteiger partial charge in [-0.1, -0.05) is 30.3 Å². The van der Waals surface area contributed by atoms with Gasteiger partial charge < -0.3 is 10.2 Å². The maximum absolute atomic E-state index is 12.4. The number of nitrogens with zero attached hydrogens (tertiary/aromatic N) is 2. The maximum Gasteiger partial charge on any atom is 0.321 e. The molecule has 1 aromatic rings. The van der Waals surface area contributed by atoms with Gasteiger partial charge >= 0.3 is 6.03 Å². The second-order valence-electron chi connectivity index (χ2n) is 5.08. The number of carbonyl (C=O) groups is 3. The van der Waals surface area contributed by atoms with E-state index in [1.165, 1.54) is 11.9 Å². The fourth-order valence-electron chi connectivity index (χ4n) is 1.93. The van der Waals surface area contributed by atoms with Crippen LogP contribution >= 0.6 is 0 Å². The highest BCUT2D eigenvalue weighted by Crippen LogP contribution is 2.19. The standard InChI is InChI=1S/C15H22N4O3/c1-16-15(22)17-14(21)13(11-8-6-5-7-9-11)19(4)10-12(20)18(2)3/h5-9,13H,10H2,1-4H3,(H2,16,17,21,22)/t13-/m0/s1. The molecule has 0 aliphatic carbocycles. The Labute approximate surface area is 130 Å². The Morgan fingerprint density at radius 1 is 1.09 bits per heavy atom. The van der Waals surface area contributed by atoms with Crippen LogP contribution in [0.2, 0.25) is 0 Å². The lowest BCUT2D eigenvalue weighted by Crippen LogP contribution is -2.46. The third-order valence-electron chi connectivity index (χ3n) is 3.15. The van der Waals surface area contributed by atoms with Crippen LogP contribution in [0, 0.1) is 0 Å². The molecule has 2 N–H and O–H groups in total. The molecule has 0 fully saturated rings. The van der Waals surface area contributed by atoms with Gasteiger partial charge in [-0.05, 0) is 12.6 Å². The zero-order valence-electron chi connectivity index (χ0n) is 13.3. The summed E-state index contributed by atoms with van der Waals surface area (Å²) in [5.41, 5.74) is 0.706. The van der Waals surface area contributed by atoms with Crippen molar-refractivity contribution in [1.29, 1.82) is 0 Å². The molecule has 1 aromatic carbocycles. The van der Waals surface area contributed by atoms with E-state index in [9.17, 15) is 14.4 Å². The summed E-state index contributed by atoms with van der Waals surface area (Å²) in [7, 11) is 6.40. The summed E-state index contributed by atoms with van der Waals surface area (Å²) in [6, 6.07) is 7.69. The number of amides is 4. The van der Waals surface area contributed by atoms with Gasteiger partial charge in [0.2, 0.25) is 11.8 Å². The van der Waals surface area contributed by atoms with Gasteiger partial charge in [0, 0.05) is 21.1 Å². The smallest absolute Gasteiger partial charge is 0.321 e. The van der Waals surface area contributed by atoms with E-state index in [1.807, 2.05) is 6.07 Å². The molecule has 4 amide bonds. The maximum atomic E-state index is 12.4. The van der Waals surface area contributed by atoms with Crippen LogP contribution < -0.4 is 10.6 Å². The zero-order chi connectivity index (χ0) is 16.7. The molecule has 0 aliphatic heterocycles. The number of likely N-dealkylation sites (N-methyl/N-ethyl adjacent to an activating group) is 2. The van der Waals surface area contributed by atoms with E-state index in [1.54, 1.807) is 50.3 Å². The molecule has 0 radical (unpaired) electrons. The molecule has 0 saturated carbocycles. The normalized spacial score (nSPS) is 11.7. The molecule has 0 heterocycles. The second-order valence-corrected chi connectivity index (χ2v) is 5.08. The fourth-order valence-corrected chi connectivity index (χ4v) is 1.93. The highest BCUT2D eigenvalue weighted by molar-refractivity contribution is 5.97. The van der Waals surface area contributed by atoms with Gasteiger partial charge in [0.15, 0.2) is 0 Å². The highest BCUT2D eigenvalue weighted by Gasteiger charge is 2.27. The second kappa shape index (κ2) is 8.14. The van der Waals surface area contributed by atoms with Crippen LogP contribution in [0.1, 0.15) is 11.6 Å². The van der Waals surface area contributed by atoms with Crippen LogP contribution in [-0.4, -0.2) is 62.4 Å². The summed E-state index contributed by atoms with van der Waals surface area (Å²) in [6.07, 6.45) is 0. The van der Waals surface area contributed by atoms with Gasteiger partial charge in [-0.2, -0.15) is 0 Å². The number of urea groups is 1. The van der Waals surface area contributed by atoms with Gasteiger partial charge in [0.25, 0.3) is 0 Å². The molecule has 1 atom stereocenters. The monoisotopic (exact) mass is 306 g/mol. The lowest BCUT2D eigenvalue weighted by Gasteiger charge is -2.27. The van der Waals surface area contributed by atoms with Crippen LogP contribution in [0.15, 0.2) is 30.3 Å². The number of carbonyl (C=O) groups excluding carboxylic acids is 3. The molecule has 0 saturated heterocycles. The molecular formula is C15H22N4O3. The quantitative estimate of drug-likeness (QED) is 0.814. The van der Waals surface area contributed by atoms with Gasteiger partial charge in [-0.3, -0.25) is 19.8 Å². The largest absolute Gasteiger partial charge is 0.348 e. The first-order valence-corrected chi connectivity index (χ1v) is 6.84. The topological polar surface area (TPSA) is 81.8 Å². The molecule has 7 nitrogen and oxygen atoms in total. The van der Waals surface area contributed by atoms with Crippen LogP contribution in [0.25, 0.3) is 0 Å². The third kappa shape index (κ3) is 4.85. The Morgan fingerprint density at radius 2 is 1.68 bits per heavy atom. The predicted octanol–water partition coefficient (Wildman–Crippen LogP) is 0.203. The van der Waals surface area contributed by atoms with Crippen molar-refractivity contribution in [3.8, 4) is 0 Å². The Balaban J connectivity index is 2.99. The summed E-state index contributed by atoms with van der Waals surface area (Å²) in [5.74, 6) is -0.615. The van der Waals surface area contributed by atoms with Gasteiger partial charge in [0.05, 0.1) is 6.54 Å². The van der Waals surface area contributed by atoms with E-state index in [2.05, 4.69) is 10.6 Å². The summed E-state index contributed by atoms with van der Waals surface area (Å²) < 4.78 is 0. The van der Waals surface area contributed by atoms with Crippen molar-refractivity contribution in [2.24, 2.45) is 0 Å². The SMILES string of the molecule is CNC(=O)NC(=O)[C@H](c1ccccc1)N(C)CC(=O)N(C)C. The Hall–Kier alpha value is -2.41. The fraction of sp³-hybridized carbons (Fsp3) is 0.400. The minimum Gasteiger partial charge on any atom is -0.348 e. The number of hydrogen-bond acceptors (Lipinski definition) is 4. The van der Waals surface area contributed by atoms with Gasteiger partial charge in [0.1, 0.15) is 6.04 Å². The van der Waals surface area contributed by atoms with E-state index in [-0.39, 0.29) is 12.5 Å². The van der Waals surface area contributed by atoms with E-state index in [4.69, 9.17) is 0 Å². The zero-order valence-corrected chi connectivity index (χ0v) is 13.3. The molecule has 0 aliphatic rings. The van der Waals surface area contributed by atoms with Crippen LogP contribution in [-0.2, 0) is 9.59 Å². The first kappa shape index (κ1) is 17.6. The summed E-state index contributed by atoms with van der Waals surface area (Å²) in [4.78, 5) is 38.7. The number of rotatable bonds is 5. The van der Waals surface area contributed by atoms with Crippen LogP contribution in [0.4, 0.5) is 4.79 Å². The van der Waals surface area contributed by atoms with E-state index < -0.39 is 18.0 Å². The molecule has 1 rings (SSSR count). The van der Waals surface area contributed by atoms with Crippen LogP contribution in [0.5, 0.6) is 0 Å². The van der Waals surface area contributed by atoms with Crippen molar-refractivity contribution in [3.05, 3.63) is 35.9 Å². The summed E-state index contributed by atoms with van der Waals surface area (Å²) in [5, 5.41) is 4.59. The van der Waals surface area contributed by atoms with Gasteiger partial charge in [-0.25, -0.2) is 4.79 Å². The van der Waals surface area contributed by atoms with Crippen molar-refractivity contribution in [2.75, 3.05) is 34.7 Å². The first-order chi connectivity index (χ1) is 10.4. The van der Waals surface area contributed by atoms with Crippen molar-refractivity contribution in [1.82, 2.24) is 20.4 Å². The van der Waals surface area contributed by atoms with Crippen LogP contribution in [0.3, 0.4) is 0 Å². The Bertz CT molecular complexity index is 531. The minimum atomic E-state index is -0.734. The summed E-state index contributed by atoms with van der Waals surface area (Å²) in [6.45, 7) is 0.0632. The highest BCUT2D eigenvalue weighted by atomic mass is 16.2. The molecular weight excluding hydrogens is 284 g/mol. The van der Waals surface area contributed by atoms with Crippen molar-refractivity contribution < 1.29 is 14.4 Å². The lowest BCUT2D eigenvalue weighted by molar-refractivity contribution is -0.132. The molecule has 120 valence electrons. The minimum absolute atomic E-state index is 0.0632. The average Bonchev–Trinajstić information content (AvgIpc) is 2.48. The van der Waals surface area contributed by atoms with E-state index >= 15 is 0 Å². The molecule has 0 spiro atoms. The van der Waals surface area contributed by atoms with E-state index in [0.717, 1.165) is 0 Å². The number of hydrogen-bond donors (Lipinski definition) is 2. The molecule has 22 heavy (non-hydrogen) atoms. The third-order valence-corrected chi connectivity index (χ3v) is 3.15. The van der Waals surface area contributed by atoms with E-state index in [0.29, 0.717) is 5.56 Å². The van der Waals surface area contributed by atoms with Crippen molar-refractivity contribution >= 4 is 17.8 Å². The lowest BCUT2D eigenvalue weighted by atomic mass is 10.0. The molecule has 0 bridgehead atoms. The number of benzene rings is 1. The molecule has 0 aromatic heterocycles. The average molecular weight is 306 g/mol. The van der Waals surface area contributed by atoms with Gasteiger partial charge in [-0.15, -0.1) is 0 Å². The van der Waals surface area contributed by atoms with Crippen molar-refractivity contribution in [2.45, 2.75) is 6.04 Å². The molecule has 0 unspecified atom stereocenters. The first-order valence-electron chi connectivity index (χ1n) is 6.84. The Morgan fingerprint density at radius 3 is 2.18 bits per heavy atom. The summed E-state index contributed by atoms with van der Waals surface area (Å²) >= 11 is 0. The predicted molar refractivity (Wildman–Crippen MR) is 83.1 cm³/mol. The Kier molecular flexibility index (Phi) is 6.52.